The molecule has 7 heteroatoms. The molecular weight excluding hydrogens is 410 g/mol. The fourth-order valence-electron chi connectivity index (χ4n) is 3.20. The molecule has 6 nitrogen and oxygen atoms in total. The first-order chi connectivity index (χ1) is 13.0. The van der Waals surface area contributed by atoms with Crippen LogP contribution >= 0.6 is 15.9 Å². The third kappa shape index (κ3) is 4.82. The minimum atomic E-state index is 0.189. The van der Waals surface area contributed by atoms with E-state index in [9.17, 15) is 0 Å². The summed E-state index contributed by atoms with van der Waals surface area (Å²) in [4.78, 5) is 4.86. The summed E-state index contributed by atoms with van der Waals surface area (Å²) in [6.07, 6.45) is 4.99. The lowest BCUT2D eigenvalue weighted by molar-refractivity contribution is 0.0711. The van der Waals surface area contributed by atoms with E-state index in [2.05, 4.69) is 15.9 Å². The predicted molar refractivity (Wildman–Crippen MR) is 108 cm³/mol. The van der Waals surface area contributed by atoms with Gasteiger partial charge in [-0.3, -0.25) is 0 Å². The van der Waals surface area contributed by atoms with E-state index >= 15 is 0 Å². The number of halogens is 1. The smallest absolute Gasteiger partial charge is 0.162 e. The maximum Gasteiger partial charge on any atom is 0.162 e. The Morgan fingerprint density at radius 1 is 1.19 bits per heavy atom. The summed E-state index contributed by atoms with van der Waals surface area (Å²) >= 11 is 3.52. The number of ether oxygens (including phenoxy) is 3. The fourth-order valence-corrected chi connectivity index (χ4v) is 3.68. The van der Waals surface area contributed by atoms with Gasteiger partial charge in [0.25, 0.3) is 0 Å². The highest BCUT2D eigenvalue weighted by molar-refractivity contribution is 9.10. The molecule has 1 aliphatic carbocycles. The molecule has 148 valence electrons. The summed E-state index contributed by atoms with van der Waals surface area (Å²) in [5.41, 5.74) is 0.870. The molecule has 1 aliphatic rings. The molecular formula is C20H28BrN3O3. The van der Waals surface area contributed by atoms with Gasteiger partial charge in [0.15, 0.2) is 11.6 Å². The van der Waals surface area contributed by atoms with Gasteiger partial charge in [-0.05, 0) is 47.8 Å². The normalized spacial score (nSPS) is 14.4. The van der Waals surface area contributed by atoms with Gasteiger partial charge in [0.1, 0.15) is 11.5 Å². The first kappa shape index (κ1) is 20.1. The number of hydrogen-bond donors (Lipinski definition) is 0. The average molecular weight is 438 g/mol. The zero-order valence-corrected chi connectivity index (χ0v) is 18.1. The highest BCUT2D eigenvalue weighted by Crippen LogP contribution is 2.38. The van der Waals surface area contributed by atoms with Gasteiger partial charge in [-0.15, -0.1) is 0 Å². The van der Waals surface area contributed by atoms with Crippen molar-refractivity contribution in [3.05, 3.63) is 22.4 Å². The Morgan fingerprint density at radius 2 is 1.93 bits per heavy atom. The van der Waals surface area contributed by atoms with Crippen molar-refractivity contribution in [1.82, 2.24) is 14.8 Å². The van der Waals surface area contributed by atoms with E-state index in [-0.39, 0.29) is 6.10 Å². The van der Waals surface area contributed by atoms with Crippen LogP contribution in [0.25, 0.3) is 11.4 Å². The Morgan fingerprint density at radius 3 is 2.52 bits per heavy atom. The van der Waals surface area contributed by atoms with E-state index in [0.717, 1.165) is 39.6 Å². The molecule has 1 aromatic carbocycles. The van der Waals surface area contributed by atoms with Crippen LogP contribution in [0.15, 0.2) is 16.6 Å². The van der Waals surface area contributed by atoms with Crippen molar-refractivity contribution in [3.63, 3.8) is 0 Å². The second kappa shape index (κ2) is 9.06. The molecule has 0 N–H and O–H groups in total. The van der Waals surface area contributed by atoms with Gasteiger partial charge in [-0.2, -0.15) is 5.10 Å². The lowest BCUT2D eigenvalue weighted by Crippen LogP contribution is -2.15. The Bertz CT molecular complexity index is 772. The summed E-state index contributed by atoms with van der Waals surface area (Å²) < 4.78 is 19.6. The Balaban J connectivity index is 1.95. The van der Waals surface area contributed by atoms with Crippen LogP contribution in [0, 0.1) is 5.92 Å². The largest absolute Gasteiger partial charge is 0.496 e. The zero-order chi connectivity index (χ0) is 19.4. The summed E-state index contributed by atoms with van der Waals surface area (Å²) in [7, 11) is 3.31. The molecule has 0 spiro atoms. The van der Waals surface area contributed by atoms with Crippen molar-refractivity contribution in [1.29, 1.82) is 0 Å². The van der Waals surface area contributed by atoms with E-state index in [1.165, 1.54) is 19.3 Å². The van der Waals surface area contributed by atoms with E-state index in [1.54, 1.807) is 14.2 Å². The number of benzene rings is 1. The summed E-state index contributed by atoms with van der Waals surface area (Å²) in [6, 6.07) is 3.85. The minimum Gasteiger partial charge on any atom is -0.496 e. The maximum atomic E-state index is 5.73. The molecule has 1 fully saturated rings. The zero-order valence-electron chi connectivity index (χ0n) is 16.5. The number of aromatic nitrogens is 3. The molecule has 0 bridgehead atoms. The van der Waals surface area contributed by atoms with E-state index < -0.39 is 0 Å². The molecule has 1 saturated carbocycles. The van der Waals surface area contributed by atoms with Gasteiger partial charge in [0.2, 0.25) is 0 Å². The van der Waals surface area contributed by atoms with Crippen molar-refractivity contribution < 1.29 is 14.2 Å². The lowest BCUT2D eigenvalue weighted by atomic mass is 9.83. The van der Waals surface area contributed by atoms with Gasteiger partial charge in [-0.1, -0.05) is 19.3 Å². The summed E-state index contributed by atoms with van der Waals surface area (Å²) in [5, 5.41) is 4.78. The standard InChI is InChI=1S/C20H28BrN3O3/c1-13(2)27-9-8-24-20(22-19(23-24)10-14-6-5-7-14)15-11-18(26-4)16(21)12-17(15)25-3/h11-14H,5-10H2,1-4H3. The van der Waals surface area contributed by atoms with Gasteiger partial charge in [0.05, 0.1) is 43.5 Å². The van der Waals surface area contributed by atoms with Crippen molar-refractivity contribution in [3.8, 4) is 22.9 Å². The molecule has 0 unspecified atom stereocenters. The third-order valence-electron chi connectivity index (χ3n) is 4.88. The van der Waals surface area contributed by atoms with Gasteiger partial charge < -0.3 is 14.2 Å². The predicted octanol–water partition coefficient (Wildman–Crippen LogP) is 4.49. The fraction of sp³-hybridized carbons (Fsp3) is 0.600. The third-order valence-corrected chi connectivity index (χ3v) is 5.50. The molecule has 0 saturated heterocycles. The molecule has 1 aromatic heterocycles. The quantitative estimate of drug-likeness (QED) is 0.578. The molecule has 0 amide bonds. The molecule has 0 aliphatic heterocycles. The average Bonchev–Trinajstić information content (AvgIpc) is 3.00. The number of rotatable bonds is 9. The van der Waals surface area contributed by atoms with E-state index in [1.807, 2.05) is 30.7 Å². The van der Waals surface area contributed by atoms with Crippen molar-refractivity contribution in [2.24, 2.45) is 5.92 Å². The lowest BCUT2D eigenvalue weighted by Gasteiger charge is -2.23. The van der Waals surface area contributed by atoms with Crippen LogP contribution in [0.1, 0.15) is 38.9 Å². The van der Waals surface area contributed by atoms with Crippen LogP contribution in [0.5, 0.6) is 11.5 Å². The second-order valence-corrected chi connectivity index (χ2v) is 8.04. The molecule has 27 heavy (non-hydrogen) atoms. The minimum absolute atomic E-state index is 0.189. The first-order valence-electron chi connectivity index (χ1n) is 9.49. The van der Waals surface area contributed by atoms with Gasteiger partial charge >= 0.3 is 0 Å². The second-order valence-electron chi connectivity index (χ2n) is 7.18. The maximum absolute atomic E-state index is 5.73. The molecule has 3 rings (SSSR count). The van der Waals surface area contributed by atoms with Crippen LogP contribution in [0.2, 0.25) is 0 Å². The number of nitrogens with zero attached hydrogens (tertiary/aromatic N) is 3. The first-order valence-corrected chi connectivity index (χ1v) is 10.3. The van der Waals surface area contributed by atoms with Crippen LogP contribution in [-0.4, -0.2) is 41.7 Å². The highest BCUT2D eigenvalue weighted by Gasteiger charge is 2.23. The Labute approximate surface area is 169 Å². The van der Waals surface area contributed by atoms with Crippen LogP contribution < -0.4 is 9.47 Å². The molecule has 0 radical (unpaired) electrons. The molecule has 1 heterocycles. The number of hydrogen-bond acceptors (Lipinski definition) is 5. The van der Waals surface area contributed by atoms with Crippen LogP contribution in [0.4, 0.5) is 0 Å². The number of methoxy groups -OCH3 is 2. The Kier molecular flexibility index (Phi) is 6.76. The van der Waals surface area contributed by atoms with Crippen molar-refractivity contribution in [2.45, 2.75) is 52.2 Å². The molecule has 0 atom stereocenters. The summed E-state index contributed by atoms with van der Waals surface area (Å²) in [6.45, 7) is 5.30. The van der Waals surface area contributed by atoms with Gasteiger partial charge in [-0.25, -0.2) is 9.67 Å². The summed E-state index contributed by atoms with van der Waals surface area (Å²) in [5.74, 6) is 3.86. The van der Waals surface area contributed by atoms with Crippen LogP contribution in [-0.2, 0) is 17.7 Å². The topological polar surface area (TPSA) is 58.4 Å². The monoisotopic (exact) mass is 437 g/mol. The SMILES string of the molecule is COc1cc(-c2nc(CC3CCC3)nn2CCOC(C)C)c(OC)cc1Br. The van der Waals surface area contributed by atoms with Gasteiger partial charge in [0, 0.05) is 6.42 Å². The van der Waals surface area contributed by atoms with Crippen molar-refractivity contribution in [2.75, 3.05) is 20.8 Å². The van der Waals surface area contributed by atoms with E-state index in [4.69, 9.17) is 24.3 Å². The highest BCUT2D eigenvalue weighted by atomic mass is 79.9. The van der Waals surface area contributed by atoms with Crippen molar-refractivity contribution >= 4 is 15.9 Å². The molecule has 2 aromatic rings. The van der Waals surface area contributed by atoms with Crippen LogP contribution in [0.3, 0.4) is 0 Å². The van der Waals surface area contributed by atoms with E-state index in [0.29, 0.717) is 19.1 Å². The Hall–Kier alpha value is -1.60.